The molecule has 1 aliphatic rings. The van der Waals surface area contributed by atoms with Gasteiger partial charge in [0.1, 0.15) is 5.75 Å². The van der Waals surface area contributed by atoms with Crippen molar-refractivity contribution in [3.8, 4) is 5.75 Å². The Morgan fingerprint density at radius 1 is 1.26 bits per heavy atom. The van der Waals surface area contributed by atoms with E-state index in [1.54, 1.807) is 7.11 Å². The first-order valence-corrected chi connectivity index (χ1v) is 8.58. The highest BCUT2D eigenvalue weighted by atomic mass is 16.5. The van der Waals surface area contributed by atoms with E-state index >= 15 is 0 Å². The van der Waals surface area contributed by atoms with Crippen LogP contribution in [0.5, 0.6) is 5.75 Å². The van der Waals surface area contributed by atoms with E-state index in [1.165, 1.54) is 5.56 Å². The summed E-state index contributed by atoms with van der Waals surface area (Å²) in [4.78, 5) is 0. The molecule has 1 fully saturated rings. The Kier molecular flexibility index (Phi) is 5.27. The van der Waals surface area contributed by atoms with Crippen LogP contribution in [0.3, 0.4) is 0 Å². The topological polar surface area (TPSA) is 59.3 Å². The van der Waals surface area contributed by atoms with Gasteiger partial charge in [0.2, 0.25) is 0 Å². The van der Waals surface area contributed by atoms with Gasteiger partial charge in [0.25, 0.3) is 0 Å². The number of ether oxygens (including phenoxy) is 1. The number of nitrogens with one attached hydrogen (secondary N) is 2. The van der Waals surface area contributed by atoms with Crippen LogP contribution in [-0.4, -0.2) is 30.3 Å². The fraction of sp³-hybridized carbons (Fsp3) is 0.684. The molecule has 1 aliphatic heterocycles. The van der Waals surface area contributed by atoms with Crippen LogP contribution >= 0.6 is 0 Å². The molecule has 1 atom stereocenters. The average Bonchev–Trinajstić information content (AvgIpc) is 2.34. The Morgan fingerprint density at radius 2 is 1.87 bits per heavy atom. The minimum atomic E-state index is 0.170. The van der Waals surface area contributed by atoms with Crippen LogP contribution in [0.25, 0.3) is 0 Å². The Hall–Kier alpha value is -1.26. The van der Waals surface area contributed by atoms with Gasteiger partial charge in [0.15, 0.2) is 0 Å². The lowest BCUT2D eigenvalue weighted by molar-refractivity contribution is 0.141. The molecule has 1 unspecified atom stereocenters. The SMILES string of the molecule is COc1ccc(CC(C)NC2CC(C)(C)NC(C)(C)C2)cc1N. The molecule has 130 valence electrons. The van der Waals surface area contributed by atoms with Crippen LogP contribution < -0.4 is 21.1 Å². The molecule has 0 radical (unpaired) electrons. The zero-order chi connectivity index (χ0) is 17.3. The second-order valence-electron chi connectivity index (χ2n) is 8.35. The Morgan fingerprint density at radius 3 is 2.39 bits per heavy atom. The zero-order valence-electron chi connectivity index (χ0n) is 15.5. The second-order valence-corrected chi connectivity index (χ2v) is 8.35. The lowest BCUT2D eigenvalue weighted by Crippen LogP contribution is -2.62. The third-order valence-electron chi connectivity index (χ3n) is 4.55. The van der Waals surface area contributed by atoms with E-state index in [0.29, 0.717) is 17.8 Å². The number of nitrogens with two attached hydrogens (primary N) is 1. The maximum absolute atomic E-state index is 6.01. The van der Waals surface area contributed by atoms with Crippen molar-refractivity contribution in [2.45, 2.75) is 77.0 Å². The average molecular weight is 319 g/mol. The summed E-state index contributed by atoms with van der Waals surface area (Å²) in [6, 6.07) is 7.02. The Bertz CT molecular complexity index is 523. The predicted molar refractivity (Wildman–Crippen MR) is 98.0 cm³/mol. The van der Waals surface area contributed by atoms with E-state index in [-0.39, 0.29) is 11.1 Å². The van der Waals surface area contributed by atoms with Crippen molar-refractivity contribution in [3.05, 3.63) is 23.8 Å². The molecule has 4 N–H and O–H groups in total. The quantitative estimate of drug-likeness (QED) is 0.730. The first-order chi connectivity index (χ1) is 10.6. The van der Waals surface area contributed by atoms with Gasteiger partial charge >= 0.3 is 0 Å². The summed E-state index contributed by atoms with van der Waals surface area (Å²) in [6.45, 7) is 11.4. The van der Waals surface area contributed by atoms with Crippen LogP contribution in [0, 0.1) is 0 Å². The maximum Gasteiger partial charge on any atom is 0.141 e. The molecule has 0 amide bonds. The molecule has 0 saturated carbocycles. The highest BCUT2D eigenvalue weighted by molar-refractivity contribution is 5.54. The van der Waals surface area contributed by atoms with Crippen LogP contribution in [0.4, 0.5) is 5.69 Å². The van der Waals surface area contributed by atoms with Gasteiger partial charge < -0.3 is 21.1 Å². The minimum absolute atomic E-state index is 0.170. The molecule has 0 bridgehead atoms. The van der Waals surface area contributed by atoms with Crippen molar-refractivity contribution in [2.75, 3.05) is 12.8 Å². The summed E-state index contributed by atoms with van der Waals surface area (Å²) >= 11 is 0. The van der Waals surface area contributed by atoms with Gasteiger partial charge in [-0.05, 0) is 71.6 Å². The van der Waals surface area contributed by atoms with Gasteiger partial charge in [0.05, 0.1) is 12.8 Å². The summed E-state index contributed by atoms with van der Waals surface area (Å²) in [7, 11) is 1.65. The van der Waals surface area contributed by atoms with Gasteiger partial charge in [-0.2, -0.15) is 0 Å². The van der Waals surface area contributed by atoms with Crippen LogP contribution in [-0.2, 0) is 6.42 Å². The number of rotatable bonds is 5. The van der Waals surface area contributed by atoms with Gasteiger partial charge in [-0.1, -0.05) is 6.07 Å². The van der Waals surface area contributed by atoms with Crippen molar-refractivity contribution < 1.29 is 4.74 Å². The molecule has 1 aromatic rings. The van der Waals surface area contributed by atoms with Crippen molar-refractivity contribution in [1.82, 2.24) is 10.6 Å². The van der Waals surface area contributed by atoms with E-state index in [2.05, 4.69) is 51.3 Å². The van der Waals surface area contributed by atoms with E-state index in [4.69, 9.17) is 10.5 Å². The molecular weight excluding hydrogens is 286 g/mol. The fourth-order valence-electron chi connectivity index (χ4n) is 4.17. The summed E-state index contributed by atoms with van der Waals surface area (Å²) < 4.78 is 5.22. The number of hydrogen-bond donors (Lipinski definition) is 3. The molecule has 2 rings (SSSR count). The number of methoxy groups -OCH3 is 1. The second kappa shape index (κ2) is 6.70. The minimum Gasteiger partial charge on any atom is -0.495 e. The normalized spacial score (nSPS) is 21.8. The highest BCUT2D eigenvalue weighted by Crippen LogP contribution is 2.29. The smallest absolute Gasteiger partial charge is 0.141 e. The largest absolute Gasteiger partial charge is 0.495 e. The lowest BCUT2D eigenvalue weighted by atomic mass is 9.79. The lowest BCUT2D eigenvalue weighted by Gasteiger charge is -2.47. The monoisotopic (exact) mass is 319 g/mol. The molecule has 1 saturated heterocycles. The summed E-state index contributed by atoms with van der Waals surface area (Å²) in [5.74, 6) is 0.746. The van der Waals surface area contributed by atoms with Crippen LogP contribution in [0.15, 0.2) is 18.2 Å². The van der Waals surface area contributed by atoms with Gasteiger partial charge in [-0.3, -0.25) is 0 Å². The van der Waals surface area contributed by atoms with E-state index < -0.39 is 0 Å². The van der Waals surface area contributed by atoms with Gasteiger partial charge in [0, 0.05) is 23.2 Å². The highest BCUT2D eigenvalue weighted by Gasteiger charge is 2.37. The first-order valence-electron chi connectivity index (χ1n) is 8.58. The number of nitrogen functional groups attached to an aromatic ring is 1. The third-order valence-corrected chi connectivity index (χ3v) is 4.55. The van der Waals surface area contributed by atoms with Crippen LogP contribution in [0.1, 0.15) is 53.0 Å². The molecule has 23 heavy (non-hydrogen) atoms. The maximum atomic E-state index is 6.01. The third kappa shape index (κ3) is 5.11. The molecular formula is C19H33N3O. The summed E-state index contributed by atoms with van der Waals surface area (Å²) in [6.07, 6.45) is 3.26. The molecule has 4 heteroatoms. The first kappa shape index (κ1) is 18.1. The molecule has 0 aliphatic carbocycles. The number of anilines is 1. The molecule has 1 aromatic carbocycles. The van der Waals surface area contributed by atoms with Gasteiger partial charge in [-0.25, -0.2) is 0 Å². The molecule has 1 heterocycles. The Labute approximate surface area is 141 Å². The number of benzene rings is 1. The van der Waals surface area contributed by atoms with Crippen molar-refractivity contribution >= 4 is 5.69 Å². The standard InChI is InChI=1S/C19H33N3O/c1-13(9-14-7-8-17(23-6)16(20)10-14)21-15-11-18(2,3)22-19(4,5)12-15/h7-8,10,13,15,21-22H,9,11-12,20H2,1-6H3. The predicted octanol–water partition coefficient (Wildman–Crippen LogP) is 3.11. The van der Waals surface area contributed by atoms with Crippen molar-refractivity contribution in [3.63, 3.8) is 0 Å². The fourth-order valence-corrected chi connectivity index (χ4v) is 4.17. The number of piperidine rings is 1. The van der Waals surface area contributed by atoms with Crippen LogP contribution in [0.2, 0.25) is 0 Å². The Balaban J connectivity index is 1.96. The molecule has 4 nitrogen and oxygen atoms in total. The van der Waals surface area contributed by atoms with Gasteiger partial charge in [-0.15, -0.1) is 0 Å². The number of hydrogen-bond acceptors (Lipinski definition) is 4. The molecule has 0 spiro atoms. The van der Waals surface area contributed by atoms with E-state index in [1.807, 2.05) is 12.1 Å². The van der Waals surface area contributed by atoms with Crippen molar-refractivity contribution in [1.29, 1.82) is 0 Å². The van der Waals surface area contributed by atoms with E-state index in [9.17, 15) is 0 Å². The summed E-state index contributed by atoms with van der Waals surface area (Å²) in [5, 5.41) is 7.55. The zero-order valence-corrected chi connectivity index (χ0v) is 15.5. The summed E-state index contributed by atoms with van der Waals surface area (Å²) in [5.41, 5.74) is 8.31. The van der Waals surface area contributed by atoms with Crippen molar-refractivity contribution in [2.24, 2.45) is 0 Å². The molecule has 0 aromatic heterocycles. The van der Waals surface area contributed by atoms with E-state index in [0.717, 1.165) is 25.0 Å².